The molecule has 0 aliphatic heterocycles. The number of carbonyl (C=O) groups excluding carboxylic acids is 1. The van der Waals surface area contributed by atoms with Crippen LogP contribution in [0.15, 0.2) is 0 Å². The van der Waals surface area contributed by atoms with Gasteiger partial charge in [0, 0.05) is 4.32 Å². The lowest BCUT2D eigenvalue weighted by Crippen LogP contribution is -2.24. The molecule has 0 radical (unpaired) electrons. The first-order valence-corrected chi connectivity index (χ1v) is 3.97. The monoisotopic (exact) mass is 242 g/mol. The molecule has 0 fully saturated rings. The van der Waals surface area contributed by atoms with Crippen LogP contribution >= 0.6 is 31.9 Å². The lowest BCUT2D eigenvalue weighted by Gasteiger charge is -2.17. The molecular formula is C5H8Br2O. The van der Waals surface area contributed by atoms with Crippen LogP contribution in [0.4, 0.5) is 0 Å². The van der Waals surface area contributed by atoms with Gasteiger partial charge in [0.05, 0.1) is 4.83 Å². The van der Waals surface area contributed by atoms with Crippen molar-refractivity contribution in [3.8, 4) is 0 Å². The maximum Gasteiger partial charge on any atom is 0.135 e. The maximum absolute atomic E-state index is 10.1. The molecule has 0 aromatic rings. The molecule has 0 saturated carbocycles. The molecule has 1 nitrogen and oxygen atoms in total. The first-order valence-electron chi connectivity index (χ1n) is 2.26. The second-order valence-electron chi connectivity index (χ2n) is 2.10. The largest absolute Gasteiger partial charge is 0.302 e. The minimum Gasteiger partial charge on any atom is -0.302 e. The zero-order valence-corrected chi connectivity index (χ0v) is 7.99. The number of carbonyl (C=O) groups is 1. The number of hydrogen-bond donors (Lipinski definition) is 0. The predicted octanol–water partition coefficient (Wildman–Crippen LogP) is 2.12. The van der Waals surface area contributed by atoms with Crippen LogP contribution in [0.1, 0.15) is 13.8 Å². The van der Waals surface area contributed by atoms with Crippen molar-refractivity contribution in [3.63, 3.8) is 0 Å². The van der Waals surface area contributed by atoms with Gasteiger partial charge >= 0.3 is 0 Å². The lowest BCUT2D eigenvalue weighted by atomic mass is 10.1. The van der Waals surface area contributed by atoms with Crippen molar-refractivity contribution in [2.75, 3.05) is 0 Å². The van der Waals surface area contributed by atoms with E-state index in [1.165, 1.54) is 0 Å². The van der Waals surface area contributed by atoms with Crippen LogP contribution in [0.25, 0.3) is 0 Å². The highest BCUT2D eigenvalue weighted by Crippen LogP contribution is 2.24. The minimum atomic E-state index is -0.130. The van der Waals surface area contributed by atoms with E-state index in [-0.39, 0.29) is 9.15 Å². The van der Waals surface area contributed by atoms with Gasteiger partial charge in [-0.3, -0.25) is 0 Å². The Morgan fingerprint density at radius 3 is 2.00 bits per heavy atom. The highest BCUT2D eigenvalue weighted by molar-refractivity contribution is 9.12. The van der Waals surface area contributed by atoms with Crippen LogP contribution in [0.3, 0.4) is 0 Å². The van der Waals surface area contributed by atoms with Crippen LogP contribution in [0.2, 0.25) is 0 Å². The third kappa shape index (κ3) is 2.82. The zero-order chi connectivity index (χ0) is 6.78. The molecular weight excluding hydrogens is 236 g/mol. The van der Waals surface area contributed by atoms with E-state index in [0.29, 0.717) is 0 Å². The van der Waals surface area contributed by atoms with E-state index < -0.39 is 0 Å². The van der Waals surface area contributed by atoms with E-state index in [2.05, 4.69) is 31.9 Å². The van der Waals surface area contributed by atoms with Crippen molar-refractivity contribution >= 4 is 38.1 Å². The molecule has 0 aliphatic rings. The van der Waals surface area contributed by atoms with Crippen molar-refractivity contribution in [2.24, 2.45) is 0 Å². The molecule has 0 rings (SSSR count). The summed E-state index contributed by atoms with van der Waals surface area (Å²) < 4.78 is -0.130. The summed E-state index contributed by atoms with van der Waals surface area (Å²) in [4.78, 5) is 9.97. The number of rotatable bonds is 2. The van der Waals surface area contributed by atoms with E-state index >= 15 is 0 Å². The Balaban J connectivity index is 3.80. The zero-order valence-electron chi connectivity index (χ0n) is 4.82. The fourth-order valence-electron chi connectivity index (χ4n) is 0.162. The smallest absolute Gasteiger partial charge is 0.135 e. The fraction of sp³-hybridized carbons (Fsp3) is 0.800. The van der Waals surface area contributed by atoms with Crippen molar-refractivity contribution in [1.82, 2.24) is 0 Å². The Kier molecular flexibility index (Phi) is 3.20. The summed E-state index contributed by atoms with van der Waals surface area (Å²) in [5.74, 6) is 0. The standard InChI is InChI=1S/C5H8Br2O/c1-5(2,7)4(6)3-8/h3-4H,1-2H3. The second-order valence-corrected chi connectivity index (χ2v) is 5.13. The summed E-state index contributed by atoms with van der Waals surface area (Å²) in [6.07, 6.45) is 0.870. The Bertz CT molecular complexity index is 84.9. The number of halogens is 2. The quantitative estimate of drug-likeness (QED) is 0.537. The third-order valence-electron chi connectivity index (χ3n) is 0.775. The average Bonchev–Trinajstić information content (AvgIpc) is 1.62. The van der Waals surface area contributed by atoms with E-state index in [1.807, 2.05) is 13.8 Å². The van der Waals surface area contributed by atoms with Crippen molar-refractivity contribution in [3.05, 3.63) is 0 Å². The van der Waals surface area contributed by atoms with Crippen LogP contribution in [-0.4, -0.2) is 15.4 Å². The summed E-state index contributed by atoms with van der Waals surface area (Å²) >= 11 is 6.51. The van der Waals surface area contributed by atoms with E-state index in [1.54, 1.807) is 0 Å². The Morgan fingerprint density at radius 2 is 2.00 bits per heavy atom. The Labute approximate surface area is 66.1 Å². The Morgan fingerprint density at radius 1 is 1.62 bits per heavy atom. The second kappa shape index (κ2) is 2.97. The topological polar surface area (TPSA) is 17.1 Å². The van der Waals surface area contributed by atoms with Crippen molar-refractivity contribution in [2.45, 2.75) is 23.0 Å². The first-order chi connectivity index (χ1) is 3.48. The average molecular weight is 244 g/mol. The Hall–Kier alpha value is 0.630. The molecule has 0 N–H and O–H groups in total. The van der Waals surface area contributed by atoms with Gasteiger partial charge in [-0.25, -0.2) is 0 Å². The molecule has 1 atom stereocenters. The van der Waals surface area contributed by atoms with Gasteiger partial charge in [0.15, 0.2) is 0 Å². The molecule has 0 aromatic carbocycles. The maximum atomic E-state index is 10.1. The highest BCUT2D eigenvalue weighted by Gasteiger charge is 2.22. The molecule has 0 amide bonds. The highest BCUT2D eigenvalue weighted by atomic mass is 79.9. The van der Waals surface area contributed by atoms with Crippen LogP contribution in [0, 0.1) is 0 Å². The van der Waals surface area contributed by atoms with Gasteiger partial charge in [0.25, 0.3) is 0 Å². The van der Waals surface area contributed by atoms with Gasteiger partial charge in [0.2, 0.25) is 0 Å². The van der Waals surface area contributed by atoms with Crippen LogP contribution in [0.5, 0.6) is 0 Å². The van der Waals surface area contributed by atoms with Crippen molar-refractivity contribution < 1.29 is 4.79 Å². The van der Waals surface area contributed by atoms with Crippen LogP contribution in [-0.2, 0) is 4.79 Å². The molecule has 0 heterocycles. The van der Waals surface area contributed by atoms with Gasteiger partial charge in [0.1, 0.15) is 6.29 Å². The van der Waals surface area contributed by atoms with E-state index in [0.717, 1.165) is 6.29 Å². The van der Waals surface area contributed by atoms with E-state index in [9.17, 15) is 4.79 Å². The normalized spacial score (nSPS) is 15.5. The molecule has 1 unspecified atom stereocenters. The molecule has 0 spiro atoms. The fourth-order valence-corrected chi connectivity index (χ4v) is 0.270. The van der Waals surface area contributed by atoms with Gasteiger partial charge in [-0.15, -0.1) is 0 Å². The number of hydrogen-bond acceptors (Lipinski definition) is 1. The number of alkyl halides is 2. The molecule has 0 aromatic heterocycles. The number of aldehydes is 1. The summed E-state index contributed by atoms with van der Waals surface area (Å²) in [6, 6.07) is 0. The van der Waals surface area contributed by atoms with Gasteiger partial charge in [-0.05, 0) is 13.8 Å². The summed E-state index contributed by atoms with van der Waals surface area (Å²) in [5, 5.41) is 0. The molecule has 0 bridgehead atoms. The minimum absolute atomic E-state index is 0.102. The first kappa shape index (κ1) is 8.63. The molecule has 3 heteroatoms. The van der Waals surface area contributed by atoms with E-state index in [4.69, 9.17) is 0 Å². The lowest BCUT2D eigenvalue weighted by molar-refractivity contribution is -0.107. The SMILES string of the molecule is CC(C)(Br)C(Br)C=O. The van der Waals surface area contributed by atoms with Gasteiger partial charge in [-0.2, -0.15) is 0 Å². The molecule has 8 heavy (non-hydrogen) atoms. The van der Waals surface area contributed by atoms with Crippen LogP contribution < -0.4 is 0 Å². The van der Waals surface area contributed by atoms with Crippen molar-refractivity contribution in [1.29, 1.82) is 0 Å². The predicted molar refractivity (Wildman–Crippen MR) is 41.8 cm³/mol. The summed E-state index contributed by atoms with van der Waals surface area (Å²) in [5.41, 5.74) is 0. The van der Waals surface area contributed by atoms with Gasteiger partial charge in [-0.1, -0.05) is 31.9 Å². The third-order valence-corrected chi connectivity index (χ3v) is 3.24. The molecule has 0 saturated heterocycles. The molecule has 0 aliphatic carbocycles. The molecule has 48 valence electrons. The van der Waals surface area contributed by atoms with Gasteiger partial charge < -0.3 is 4.79 Å². The summed E-state index contributed by atoms with van der Waals surface area (Å²) in [6.45, 7) is 3.86. The summed E-state index contributed by atoms with van der Waals surface area (Å²) in [7, 11) is 0.